The maximum absolute atomic E-state index is 11.1. The third-order valence-corrected chi connectivity index (χ3v) is 3.36. The maximum atomic E-state index is 11.1. The van der Waals surface area contributed by atoms with Gasteiger partial charge in [-0.05, 0) is 31.7 Å². The smallest absolute Gasteiger partial charge is 0.250 e. The molecule has 0 radical (unpaired) electrons. The van der Waals surface area contributed by atoms with Gasteiger partial charge in [-0.3, -0.25) is 4.79 Å². The van der Waals surface area contributed by atoms with Crippen molar-refractivity contribution in [1.29, 1.82) is 0 Å². The van der Waals surface area contributed by atoms with Crippen LogP contribution < -0.4 is 5.73 Å². The average Bonchev–Trinajstić information content (AvgIpc) is 2.30. The van der Waals surface area contributed by atoms with Crippen molar-refractivity contribution in [3.8, 4) is 0 Å². The number of amides is 1. The molecule has 2 rings (SSSR count). The molecule has 0 saturated heterocycles. The predicted octanol–water partition coefficient (Wildman–Crippen LogP) is 1.70. The fraction of sp³-hybridized carbons (Fsp3) is 0.545. The Morgan fingerprint density at radius 3 is 2.57 bits per heavy atom. The summed E-state index contributed by atoms with van der Waals surface area (Å²) in [6.07, 6.45) is 3.80. The minimum Gasteiger partial charge on any atom is -0.366 e. The van der Waals surface area contributed by atoms with Crippen LogP contribution in [0.1, 0.15) is 46.9 Å². The third kappa shape index (κ3) is 1.24. The molecule has 0 aromatic carbocycles. The van der Waals surface area contributed by atoms with E-state index in [1.807, 2.05) is 20.0 Å². The van der Waals surface area contributed by atoms with Crippen molar-refractivity contribution in [3.05, 3.63) is 23.0 Å². The predicted molar refractivity (Wildman–Crippen MR) is 55.3 cm³/mol. The topological polar surface area (TPSA) is 48.0 Å². The molecule has 14 heavy (non-hydrogen) atoms. The summed E-state index contributed by atoms with van der Waals surface area (Å²) in [7, 11) is 2.01. The number of hydrogen-bond donors (Lipinski definition) is 1. The second-order valence-electron chi connectivity index (χ2n) is 4.12. The number of aromatic nitrogens is 1. The molecule has 1 heterocycles. The molecule has 0 bridgehead atoms. The minimum atomic E-state index is -0.316. The lowest BCUT2D eigenvalue weighted by atomic mass is 9.83. The molecule has 0 spiro atoms. The van der Waals surface area contributed by atoms with Gasteiger partial charge in [0.25, 0.3) is 5.91 Å². The average molecular weight is 192 g/mol. The van der Waals surface area contributed by atoms with E-state index in [0.717, 1.165) is 5.69 Å². The zero-order valence-corrected chi connectivity index (χ0v) is 8.71. The highest BCUT2D eigenvalue weighted by Crippen LogP contribution is 2.37. The molecule has 1 aliphatic carbocycles. The Morgan fingerprint density at radius 1 is 1.57 bits per heavy atom. The van der Waals surface area contributed by atoms with Crippen LogP contribution in [0.3, 0.4) is 0 Å². The van der Waals surface area contributed by atoms with Gasteiger partial charge in [-0.25, -0.2) is 0 Å². The van der Waals surface area contributed by atoms with Crippen molar-refractivity contribution in [2.45, 2.75) is 32.1 Å². The van der Waals surface area contributed by atoms with E-state index >= 15 is 0 Å². The molecule has 0 atom stereocenters. The Kier molecular flexibility index (Phi) is 2.10. The van der Waals surface area contributed by atoms with Crippen LogP contribution in [0, 0.1) is 6.92 Å². The Labute approximate surface area is 83.9 Å². The molecule has 3 heteroatoms. The van der Waals surface area contributed by atoms with E-state index in [4.69, 9.17) is 5.73 Å². The zero-order chi connectivity index (χ0) is 10.3. The first kappa shape index (κ1) is 9.31. The number of nitrogens with two attached hydrogens (primary N) is 1. The van der Waals surface area contributed by atoms with E-state index in [9.17, 15) is 4.79 Å². The largest absolute Gasteiger partial charge is 0.366 e. The lowest BCUT2D eigenvalue weighted by molar-refractivity contribution is 0.0999. The Hall–Kier alpha value is -1.25. The lowest BCUT2D eigenvalue weighted by Crippen LogP contribution is -2.13. The summed E-state index contributed by atoms with van der Waals surface area (Å²) < 4.78 is 2.10. The molecule has 0 aliphatic heterocycles. The van der Waals surface area contributed by atoms with E-state index in [2.05, 4.69) is 4.57 Å². The molecule has 1 aromatic rings. The van der Waals surface area contributed by atoms with Crippen molar-refractivity contribution in [1.82, 2.24) is 4.57 Å². The van der Waals surface area contributed by atoms with Gasteiger partial charge < -0.3 is 10.3 Å². The maximum Gasteiger partial charge on any atom is 0.250 e. The van der Waals surface area contributed by atoms with Gasteiger partial charge in [0, 0.05) is 18.4 Å². The summed E-state index contributed by atoms with van der Waals surface area (Å²) in [5, 5.41) is 0. The number of carbonyl (C=O) groups excluding carboxylic acids is 1. The van der Waals surface area contributed by atoms with Crippen LogP contribution in [0.15, 0.2) is 6.07 Å². The molecule has 3 nitrogen and oxygen atoms in total. The second kappa shape index (κ2) is 3.15. The molecule has 2 N–H and O–H groups in total. The van der Waals surface area contributed by atoms with E-state index in [1.165, 1.54) is 25.0 Å². The minimum absolute atomic E-state index is 0.316. The van der Waals surface area contributed by atoms with Crippen LogP contribution in [-0.2, 0) is 7.05 Å². The van der Waals surface area contributed by atoms with Crippen molar-refractivity contribution < 1.29 is 4.79 Å². The van der Waals surface area contributed by atoms with Gasteiger partial charge in [0.1, 0.15) is 0 Å². The number of primary amides is 1. The highest BCUT2D eigenvalue weighted by molar-refractivity contribution is 5.94. The molecule has 1 amide bonds. The van der Waals surface area contributed by atoms with E-state index in [0.29, 0.717) is 11.5 Å². The van der Waals surface area contributed by atoms with Crippen molar-refractivity contribution in [2.24, 2.45) is 12.8 Å². The Balaban J connectivity index is 2.41. The van der Waals surface area contributed by atoms with Gasteiger partial charge in [-0.2, -0.15) is 0 Å². The molecule has 1 saturated carbocycles. The van der Waals surface area contributed by atoms with E-state index in [-0.39, 0.29) is 5.91 Å². The lowest BCUT2D eigenvalue weighted by Gasteiger charge is -2.26. The second-order valence-corrected chi connectivity index (χ2v) is 4.12. The molecular weight excluding hydrogens is 176 g/mol. The highest BCUT2D eigenvalue weighted by Gasteiger charge is 2.24. The molecule has 76 valence electrons. The molecule has 1 fully saturated rings. The van der Waals surface area contributed by atoms with Gasteiger partial charge in [0.15, 0.2) is 0 Å². The molecule has 1 aliphatic rings. The standard InChI is InChI=1S/C11H16N2O/c1-7-9(11(12)14)6-10(13(7)2)8-4-3-5-8/h6,8H,3-5H2,1-2H3,(H2,12,14). The quantitative estimate of drug-likeness (QED) is 0.761. The van der Waals surface area contributed by atoms with E-state index < -0.39 is 0 Å². The van der Waals surface area contributed by atoms with Crippen LogP contribution in [0.25, 0.3) is 0 Å². The van der Waals surface area contributed by atoms with Crippen molar-refractivity contribution >= 4 is 5.91 Å². The first-order valence-electron chi connectivity index (χ1n) is 5.07. The summed E-state index contributed by atoms with van der Waals surface area (Å²) in [5.74, 6) is 0.329. The first-order chi connectivity index (χ1) is 6.61. The zero-order valence-electron chi connectivity index (χ0n) is 8.71. The van der Waals surface area contributed by atoms with Gasteiger partial charge in [-0.15, -0.1) is 0 Å². The summed E-state index contributed by atoms with van der Waals surface area (Å²) in [6.45, 7) is 1.95. The highest BCUT2D eigenvalue weighted by atomic mass is 16.1. The van der Waals surface area contributed by atoms with Crippen LogP contribution >= 0.6 is 0 Å². The van der Waals surface area contributed by atoms with Gasteiger partial charge >= 0.3 is 0 Å². The van der Waals surface area contributed by atoms with Crippen LogP contribution in [-0.4, -0.2) is 10.5 Å². The molecule has 1 aromatic heterocycles. The summed E-state index contributed by atoms with van der Waals surface area (Å²) in [6, 6.07) is 1.96. The SMILES string of the molecule is Cc1c(C(N)=O)cc(C2CCC2)n1C. The van der Waals surface area contributed by atoms with E-state index in [1.54, 1.807) is 0 Å². The third-order valence-electron chi connectivity index (χ3n) is 3.36. The molecule has 0 unspecified atom stereocenters. The van der Waals surface area contributed by atoms with Gasteiger partial charge in [-0.1, -0.05) is 6.42 Å². The number of hydrogen-bond acceptors (Lipinski definition) is 1. The number of nitrogens with zero attached hydrogens (tertiary/aromatic N) is 1. The fourth-order valence-electron chi connectivity index (χ4n) is 2.07. The normalized spacial score (nSPS) is 16.7. The fourth-order valence-corrected chi connectivity index (χ4v) is 2.07. The summed E-state index contributed by atoms with van der Waals surface area (Å²) in [4.78, 5) is 11.1. The van der Waals surface area contributed by atoms with Crippen LogP contribution in [0.5, 0.6) is 0 Å². The summed E-state index contributed by atoms with van der Waals surface area (Å²) in [5.41, 5.74) is 8.23. The van der Waals surface area contributed by atoms with Crippen molar-refractivity contribution in [2.75, 3.05) is 0 Å². The monoisotopic (exact) mass is 192 g/mol. The van der Waals surface area contributed by atoms with Crippen LogP contribution in [0.2, 0.25) is 0 Å². The first-order valence-corrected chi connectivity index (χ1v) is 5.07. The number of carbonyl (C=O) groups is 1. The van der Waals surface area contributed by atoms with Gasteiger partial charge in [0.2, 0.25) is 0 Å². The Morgan fingerprint density at radius 2 is 2.21 bits per heavy atom. The number of rotatable bonds is 2. The van der Waals surface area contributed by atoms with Gasteiger partial charge in [0.05, 0.1) is 5.56 Å². The molecular formula is C11H16N2O. The van der Waals surface area contributed by atoms with Crippen LogP contribution in [0.4, 0.5) is 0 Å². The summed E-state index contributed by atoms with van der Waals surface area (Å²) >= 11 is 0. The Bertz CT molecular complexity index is 375. The van der Waals surface area contributed by atoms with Crippen molar-refractivity contribution in [3.63, 3.8) is 0 Å².